The average molecular weight is 925 g/mol. The lowest BCUT2D eigenvalue weighted by Gasteiger charge is -2.30. The fraction of sp³-hybridized carbons (Fsp3) is 0. The summed E-state index contributed by atoms with van der Waals surface area (Å²) in [6.07, 6.45) is 0. The van der Waals surface area contributed by atoms with Gasteiger partial charge in [0, 0.05) is 87.2 Å². The molecule has 0 spiro atoms. The molecule has 0 aliphatic rings. The molecule has 334 valence electrons. The maximum absolute atomic E-state index is 2.43. The van der Waals surface area contributed by atoms with E-state index in [1.54, 1.807) is 0 Å². The van der Waals surface area contributed by atoms with Crippen LogP contribution in [0.4, 0.5) is 34.1 Å². The molecule has 0 amide bonds. The third-order valence-electron chi connectivity index (χ3n) is 14.0. The van der Waals surface area contributed by atoms with Crippen molar-refractivity contribution in [2.45, 2.75) is 0 Å². The fourth-order valence-corrected chi connectivity index (χ4v) is 12.0. The van der Waals surface area contributed by atoms with E-state index in [0.29, 0.717) is 0 Å². The Labute approximate surface area is 415 Å². The van der Waals surface area contributed by atoms with Crippen molar-refractivity contribution in [2.24, 2.45) is 0 Å². The Morgan fingerprint density at radius 1 is 0.239 bits per heavy atom. The first-order chi connectivity index (χ1) is 35.2. The first-order valence-electron chi connectivity index (χ1n) is 24.2. The van der Waals surface area contributed by atoms with E-state index in [1.807, 2.05) is 11.3 Å². The molecule has 4 nitrogen and oxygen atoms in total. The van der Waals surface area contributed by atoms with Crippen LogP contribution < -0.4 is 9.80 Å². The van der Waals surface area contributed by atoms with Crippen molar-refractivity contribution >= 4 is 109 Å². The van der Waals surface area contributed by atoms with Gasteiger partial charge < -0.3 is 18.9 Å². The van der Waals surface area contributed by atoms with Gasteiger partial charge >= 0.3 is 0 Å². The normalized spacial score (nSPS) is 11.7. The largest absolute Gasteiger partial charge is 0.310 e. The average Bonchev–Trinajstić information content (AvgIpc) is 4.09. The minimum Gasteiger partial charge on any atom is -0.310 e. The number of para-hydroxylation sites is 6. The monoisotopic (exact) mass is 924 g/mol. The Balaban J connectivity index is 1.04. The van der Waals surface area contributed by atoms with Crippen molar-refractivity contribution in [2.75, 3.05) is 9.80 Å². The molecule has 11 aromatic carbocycles. The summed E-state index contributed by atoms with van der Waals surface area (Å²) < 4.78 is 7.39. The molecule has 5 heteroatoms. The van der Waals surface area contributed by atoms with E-state index in [1.165, 1.54) is 52.8 Å². The van der Waals surface area contributed by atoms with Crippen LogP contribution in [0.1, 0.15) is 0 Å². The smallest absolute Gasteiger partial charge is 0.0561 e. The van der Waals surface area contributed by atoms with Crippen molar-refractivity contribution in [3.05, 3.63) is 267 Å². The van der Waals surface area contributed by atoms with Crippen LogP contribution in [-0.4, -0.2) is 9.13 Å². The second-order valence-electron chi connectivity index (χ2n) is 18.2. The van der Waals surface area contributed by atoms with Gasteiger partial charge in [0.1, 0.15) is 0 Å². The van der Waals surface area contributed by atoms with Crippen LogP contribution in [0.25, 0.3) is 86.3 Å². The highest BCUT2D eigenvalue weighted by Crippen LogP contribution is 2.47. The van der Waals surface area contributed by atoms with E-state index in [-0.39, 0.29) is 0 Å². The van der Waals surface area contributed by atoms with Gasteiger partial charge in [-0.1, -0.05) is 146 Å². The summed E-state index contributed by atoms with van der Waals surface area (Å²) in [5.74, 6) is 0. The standard InChI is InChI=1S/C66H44N4S/c1-5-19-47(20-6-1)67(51-34-36-57-55-27-13-16-30-61(55)69(63(57)43-51)49-23-9-3-10-24-49)53-39-46(45-33-38-66-60(41-45)59-29-15-18-32-65(59)71-66)40-54(42-53)68(48-21-7-2-8-22-48)52-35-37-58-56-28-14-17-31-62(56)70(64(58)44-52)50-25-11-4-12-26-50/h1-44H. The van der Waals surface area contributed by atoms with Gasteiger partial charge in [0.05, 0.1) is 22.1 Å². The molecular weight excluding hydrogens is 881 g/mol. The maximum atomic E-state index is 2.43. The lowest BCUT2D eigenvalue weighted by molar-refractivity contribution is 1.17. The number of aromatic nitrogens is 2. The van der Waals surface area contributed by atoms with Crippen molar-refractivity contribution in [1.29, 1.82) is 0 Å². The van der Waals surface area contributed by atoms with Crippen LogP contribution in [0.2, 0.25) is 0 Å². The first-order valence-corrected chi connectivity index (χ1v) is 25.0. The van der Waals surface area contributed by atoms with Crippen LogP contribution in [0.5, 0.6) is 0 Å². The van der Waals surface area contributed by atoms with E-state index in [4.69, 9.17) is 0 Å². The molecule has 0 fully saturated rings. The Morgan fingerprint density at radius 3 is 1.18 bits per heavy atom. The molecule has 14 aromatic rings. The van der Waals surface area contributed by atoms with Gasteiger partial charge in [-0.25, -0.2) is 0 Å². The second kappa shape index (κ2) is 16.8. The Bertz CT molecular complexity index is 4070. The van der Waals surface area contributed by atoms with Crippen molar-refractivity contribution in [3.63, 3.8) is 0 Å². The molecule has 0 bridgehead atoms. The van der Waals surface area contributed by atoms with E-state index in [2.05, 4.69) is 286 Å². The van der Waals surface area contributed by atoms with Crippen molar-refractivity contribution < 1.29 is 0 Å². The van der Waals surface area contributed by atoms with Gasteiger partial charge in [-0.3, -0.25) is 0 Å². The molecular formula is C66H44N4S. The minimum atomic E-state index is 1.04. The van der Waals surface area contributed by atoms with Crippen LogP contribution in [0.3, 0.4) is 0 Å². The van der Waals surface area contributed by atoms with Gasteiger partial charge in [0.2, 0.25) is 0 Å². The summed E-state index contributed by atoms with van der Waals surface area (Å²) in [5, 5.41) is 7.44. The Morgan fingerprint density at radius 2 is 0.662 bits per heavy atom. The minimum absolute atomic E-state index is 1.04. The summed E-state index contributed by atoms with van der Waals surface area (Å²) in [7, 11) is 0. The predicted molar refractivity (Wildman–Crippen MR) is 303 cm³/mol. The summed E-state index contributed by atoms with van der Waals surface area (Å²) in [5.41, 5.74) is 15.5. The highest BCUT2D eigenvalue weighted by molar-refractivity contribution is 7.25. The molecule has 0 atom stereocenters. The molecule has 3 aromatic heterocycles. The summed E-state index contributed by atoms with van der Waals surface area (Å²) in [4.78, 5) is 4.86. The number of fused-ring (bicyclic) bond motifs is 9. The van der Waals surface area contributed by atoms with E-state index < -0.39 is 0 Å². The number of hydrogen-bond acceptors (Lipinski definition) is 3. The zero-order chi connectivity index (χ0) is 46.8. The number of rotatable bonds is 9. The number of nitrogens with zero attached hydrogens (tertiary/aromatic N) is 4. The highest BCUT2D eigenvalue weighted by atomic mass is 32.1. The third-order valence-corrected chi connectivity index (χ3v) is 15.2. The molecule has 0 radical (unpaired) electrons. The molecule has 0 aliphatic heterocycles. The van der Waals surface area contributed by atoms with Gasteiger partial charge in [-0.2, -0.15) is 0 Å². The zero-order valence-electron chi connectivity index (χ0n) is 38.6. The Hall–Kier alpha value is -9.16. The predicted octanol–water partition coefficient (Wildman–Crippen LogP) is 18.9. The zero-order valence-corrected chi connectivity index (χ0v) is 39.4. The number of thiophene rings is 1. The van der Waals surface area contributed by atoms with Gasteiger partial charge in [0.25, 0.3) is 0 Å². The van der Waals surface area contributed by atoms with Gasteiger partial charge in [0.15, 0.2) is 0 Å². The topological polar surface area (TPSA) is 16.3 Å². The first kappa shape index (κ1) is 40.9. The maximum Gasteiger partial charge on any atom is 0.0561 e. The van der Waals surface area contributed by atoms with Crippen LogP contribution in [0.15, 0.2) is 267 Å². The molecule has 0 aliphatic carbocycles. The van der Waals surface area contributed by atoms with Crippen molar-refractivity contribution in [1.82, 2.24) is 9.13 Å². The summed E-state index contributed by atoms with van der Waals surface area (Å²) >= 11 is 1.85. The number of anilines is 6. The molecule has 14 rings (SSSR count). The van der Waals surface area contributed by atoms with Crippen molar-refractivity contribution in [3.8, 4) is 22.5 Å². The van der Waals surface area contributed by atoms with Crippen LogP contribution >= 0.6 is 11.3 Å². The number of hydrogen-bond donors (Lipinski definition) is 0. The van der Waals surface area contributed by atoms with Crippen LogP contribution in [0, 0.1) is 0 Å². The van der Waals surface area contributed by atoms with E-state index >= 15 is 0 Å². The molecule has 0 N–H and O–H groups in total. The third kappa shape index (κ3) is 6.89. The summed E-state index contributed by atoms with van der Waals surface area (Å²) in [6, 6.07) is 97.4. The molecule has 0 unspecified atom stereocenters. The molecule has 3 heterocycles. The number of benzene rings is 11. The van der Waals surface area contributed by atoms with E-state index in [0.717, 1.165) is 67.7 Å². The molecule has 0 saturated carbocycles. The van der Waals surface area contributed by atoms with Crippen LogP contribution in [-0.2, 0) is 0 Å². The second-order valence-corrected chi connectivity index (χ2v) is 19.3. The lowest BCUT2D eigenvalue weighted by Crippen LogP contribution is -2.14. The SMILES string of the molecule is c1ccc(N(c2cc(-c3ccc4sc5ccccc5c4c3)cc(N(c3ccccc3)c3ccc4c5ccccc5n(-c5ccccc5)c4c3)c2)c2ccc3c4ccccc4n(-c4ccccc4)c3c2)cc1. The van der Waals surface area contributed by atoms with Gasteiger partial charge in [-0.05, 0) is 132 Å². The molecule has 71 heavy (non-hydrogen) atoms. The summed E-state index contributed by atoms with van der Waals surface area (Å²) in [6.45, 7) is 0. The molecule has 0 saturated heterocycles. The quantitative estimate of drug-likeness (QED) is 0.143. The lowest BCUT2D eigenvalue weighted by atomic mass is 10.00. The van der Waals surface area contributed by atoms with E-state index in [9.17, 15) is 0 Å². The highest BCUT2D eigenvalue weighted by Gasteiger charge is 2.23. The fourth-order valence-electron chi connectivity index (χ4n) is 10.9. The van der Waals surface area contributed by atoms with Gasteiger partial charge in [-0.15, -0.1) is 11.3 Å². The Kier molecular flexibility index (Phi) is 9.68.